The number of rotatable bonds is 6. The van der Waals surface area contributed by atoms with Crippen LogP contribution in [0, 0.1) is 17.2 Å². The van der Waals surface area contributed by atoms with Gasteiger partial charge in [0.1, 0.15) is 0 Å². The van der Waals surface area contributed by atoms with Crippen molar-refractivity contribution in [2.45, 2.75) is 31.2 Å². The predicted molar refractivity (Wildman–Crippen MR) is 78.7 cm³/mol. The SMILES string of the molecule is CCSc1ccc(C(C(C#N)CC)N(C)C)cc1. The average molecular weight is 262 g/mol. The lowest BCUT2D eigenvalue weighted by Crippen LogP contribution is -2.26. The van der Waals surface area contributed by atoms with Gasteiger partial charge in [0.2, 0.25) is 0 Å². The van der Waals surface area contributed by atoms with Gasteiger partial charge in [0.15, 0.2) is 0 Å². The summed E-state index contributed by atoms with van der Waals surface area (Å²) in [6.45, 7) is 4.23. The minimum absolute atomic E-state index is 0.0460. The fourth-order valence-electron chi connectivity index (χ4n) is 2.20. The van der Waals surface area contributed by atoms with Crippen molar-refractivity contribution in [3.05, 3.63) is 29.8 Å². The van der Waals surface area contributed by atoms with Crippen LogP contribution in [-0.4, -0.2) is 24.7 Å². The molecule has 2 nitrogen and oxygen atoms in total. The zero-order chi connectivity index (χ0) is 13.5. The van der Waals surface area contributed by atoms with Gasteiger partial charge in [0, 0.05) is 4.90 Å². The second-order valence-electron chi connectivity index (χ2n) is 4.55. The van der Waals surface area contributed by atoms with E-state index in [1.807, 2.05) is 25.9 Å². The molecule has 18 heavy (non-hydrogen) atoms. The third kappa shape index (κ3) is 3.76. The number of nitrogens with zero attached hydrogens (tertiary/aromatic N) is 2. The fraction of sp³-hybridized carbons (Fsp3) is 0.533. The molecule has 0 aromatic heterocycles. The summed E-state index contributed by atoms with van der Waals surface area (Å²) in [5.41, 5.74) is 1.23. The van der Waals surface area contributed by atoms with Crippen LogP contribution < -0.4 is 0 Å². The van der Waals surface area contributed by atoms with Crippen molar-refractivity contribution in [2.24, 2.45) is 5.92 Å². The molecule has 0 radical (unpaired) electrons. The van der Waals surface area contributed by atoms with Crippen molar-refractivity contribution in [1.82, 2.24) is 4.90 Å². The molecule has 0 N–H and O–H groups in total. The molecule has 2 unspecified atom stereocenters. The van der Waals surface area contributed by atoms with Crippen molar-refractivity contribution in [3.8, 4) is 6.07 Å². The molecule has 0 aliphatic heterocycles. The first kappa shape index (κ1) is 15.1. The molecule has 2 atom stereocenters. The van der Waals surface area contributed by atoms with Gasteiger partial charge in [-0.3, -0.25) is 0 Å². The van der Waals surface area contributed by atoms with E-state index in [2.05, 4.69) is 49.1 Å². The maximum atomic E-state index is 9.26. The Morgan fingerprint density at radius 2 is 1.83 bits per heavy atom. The molecule has 0 saturated heterocycles. The molecule has 0 spiro atoms. The summed E-state index contributed by atoms with van der Waals surface area (Å²) in [6, 6.07) is 11.2. The summed E-state index contributed by atoms with van der Waals surface area (Å²) >= 11 is 1.85. The van der Waals surface area contributed by atoms with E-state index < -0.39 is 0 Å². The molecule has 0 heterocycles. The lowest BCUT2D eigenvalue weighted by molar-refractivity contribution is 0.241. The average Bonchev–Trinajstić information content (AvgIpc) is 2.37. The summed E-state index contributed by atoms with van der Waals surface area (Å²) in [5, 5.41) is 9.26. The molecule has 1 rings (SSSR count). The molecule has 0 aliphatic rings. The van der Waals surface area contributed by atoms with E-state index in [1.54, 1.807) is 0 Å². The second-order valence-corrected chi connectivity index (χ2v) is 5.89. The van der Waals surface area contributed by atoms with Gasteiger partial charge in [-0.05, 0) is 44.0 Å². The third-order valence-electron chi connectivity index (χ3n) is 3.08. The molecular weight excluding hydrogens is 240 g/mol. The second kappa shape index (κ2) is 7.45. The van der Waals surface area contributed by atoms with Crippen LogP contribution >= 0.6 is 11.8 Å². The van der Waals surface area contributed by atoms with Crippen molar-refractivity contribution in [1.29, 1.82) is 5.26 Å². The van der Waals surface area contributed by atoms with Crippen molar-refractivity contribution in [2.75, 3.05) is 19.8 Å². The zero-order valence-electron chi connectivity index (χ0n) is 11.7. The smallest absolute Gasteiger partial charge is 0.0675 e. The largest absolute Gasteiger partial charge is 0.301 e. The third-order valence-corrected chi connectivity index (χ3v) is 3.97. The normalized spacial score (nSPS) is 14.2. The van der Waals surface area contributed by atoms with Crippen molar-refractivity contribution < 1.29 is 0 Å². The van der Waals surface area contributed by atoms with Crippen LogP contribution in [0.4, 0.5) is 0 Å². The number of benzene rings is 1. The monoisotopic (exact) mass is 262 g/mol. The van der Waals surface area contributed by atoms with Gasteiger partial charge < -0.3 is 4.90 Å². The van der Waals surface area contributed by atoms with Gasteiger partial charge in [-0.15, -0.1) is 11.8 Å². The number of nitriles is 1. The van der Waals surface area contributed by atoms with E-state index in [9.17, 15) is 5.26 Å². The summed E-state index contributed by atoms with van der Waals surface area (Å²) in [5.74, 6) is 1.14. The standard InChI is InChI=1S/C15H22N2S/c1-5-12(11-16)15(17(3)4)13-7-9-14(10-8-13)18-6-2/h7-10,12,15H,5-6H2,1-4H3. The Morgan fingerprint density at radius 3 is 2.22 bits per heavy atom. The lowest BCUT2D eigenvalue weighted by Gasteiger charge is -2.28. The van der Waals surface area contributed by atoms with Crippen LogP contribution in [0.3, 0.4) is 0 Å². The van der Waals surface area contributed by atoms with Gasteiger partial charge in [0.25, 0.3) is 0 Å². The minimum atomic E-state index is 0.0460. The van der Waals surface area contributed by atoms with Crippen molar-refractivity contribution >= 4 is 11.8 Å². The summed E-state index contributed by atoms with van der Waals surface area (Å²) in [7, 11) is 4.08. The van der Waals surface area contributed by atoms with E-state index in [4.69, 9.17) is 0 Å². The van der Waals surface area contributed by atoms with Crippen molar-refractivity contribution in [3.63, 3.8) is 0 Å². The minimum Gasteiger partial charge on any atom is -0.301 e. The Kier molecular flexibility index (Phi) is 6.24. The zero-order valence-corrected chi connectivity index (χ0v) is 12.5. The molecular formula is C15H22N2S. The fourth-order valence-corrected chi connectivity index (χ4v) is 2.87. The van der Waals surface area contributed by atoms with E-state index in [0.29, 0.717) is 0 Å². The van der Waals surface area contributed by atoms with Crippen LogP contribution in [-0.2, 0) is 0 Å². The maximum absolute atomic E-state index is 9.26. The van der Waals surface area contributed by atoms with Crippen LogP contribution in [0.5, 0.6) is 0 Å². The quantitative estimate of drug-likeness (QED) is 0.726. The van der Waals surface area contributed by atoms with E-state index in [0.717, 1.165) is 12.2 Å². The molecule has 1 aromatic carbocycles. The molecule has 98 valence electrons. The Balaban J connectivity index is 2.96. The van der Waals surface area contributed by atoms with Gasteiger partial charge in [-0.1, -0.05) is 26.0 Å². The summed E-state index contributed by atoms with van der Waals surface area (Å²) in [4.78, 5) is 3.43. The Morgan fingerprint density at radius 1 is 1.22 bits per heavy atom. The Bertz CT molecular complexity index is 392. The molecule has 3 heteroatoms. The number of thioether (sulfide) groups is 1. The lowest BCUT2D eigenvalue weighted by atomic mass is 9.91. The molecule has 0 bridgehead atoms. The molecule has 0 fully saturated rings. The highest BCUT2D eigenvalue weighted by Crippen LogP contribution is 2.30. The Hall–Kier alpha value is -0.980. The first-order chi connectivity index (χ1) is 8.63. The first-order valence-corrected chi connectivity index (χ1v) is 7.41. The molecule has 0 aliphatic carbocycles. The van der Waals surface area contributed by atoms with E-state index >= 15 is 0 Å². The highest BCUT2D eigenvalue weighted by molar-refractivity contribution is 7.99. The topological polar surface area (TPSA) is 27.0 Å². The van der Waals surface area contributed by atoms with Crippen LogP contribution in [0.15, 0.2) is 29.2 Å². The number of hydrogen-bond acceptors (Lipinski definition) is 3. The van der Waals surface area contributed by atoms with Gasteiger partial charge in [-0.25, -0.2) is 0 Å². The highest BCUT2D eigenvalue weighted by Gasteiger charge is 2.23. The van der Waals surface area contributed by atoms with E-state index in [-0.39, 0.29) is 12.0 Å². The maximum Gasteiger partial charge on any atom is 0.0675 e. The molecule has 0 saturated carbocycles. The highest BCUT2D eigenvalue weighted by atomic mass is 32.2. The summed E-state index contributed by atoms with van der Waals surface area (Å²) < 4.78 is 0. The van der Waals surface area contributed by atoms with Gasteiger partial charge >= 0.3 is 0 Å². The molecule has 0 amide bonds. The van der Waals surface area contributed by atoms with Crippen LogP contribution in [0.25, 0.3) is 0 Å². The summed E-state index contributed by atoms with van der Waals surface area (Å²) in [6.07, 6.45) is 0.880. The van der Waals surface area contributed by atoms with Crippen LogP contribution in [0.2, 0.25) is 0 Å². The van der Waals surface area contributed by atoms with Gasteiger partial charge in [0.05, 0.1) is 18.0 Å². The van der Waals surface area contributed by atoms with Crippen LogP contribution in [0.1, 0.15) is 31.9 Å². The predicted octanol–water partition coefficient (Wildman–Crippen LogP) is 3.95. The van der Waals surface area contributed by atoms with Gasteiger partial charge in [-0.2, -0.15) is 5.26 Å². The number of hydrogen-bond donors (Lipinski definition) is 0. The van der Waals surface area contributed by atoms with E-state index in [1.165, 1.54) is 10.5 Å². The molecule has 1 aromatic rings. The Labute approximate surface area is 115 Å². The first-order valence-electron chi connectivity index (χ1n) is 6.42.